The van der Waals surface area contributed by atoms with Crippen molar-refractivity contribution in [2.24, 2.45) is 5.92 Å². The maximum Gasteiger partial charge on any atom is 0.307 e. The molecule has 27 heavy (non-hydrogen) atoms. The molecule has 0 fully saturated rings. The van der Waals surface area contributed by atoms with Crippen molar-refractivity contribution in [1.29, 1.82) is 0 Å². The van der Waals surface area contributed by atoms with Crippen LogP contribution in [0.5, 0.6) is 0 Å². The third-order valence-corrected chi connectivity index (χ3v) is 6.00. The Bertz CT molecular complexity index is 510. The number of methoxy groups -OCH3 is 1. The number of hydrogen-bond donors (Lipinski definition) is 0. The van der Waals surface area contributed by atoms with Crippen LogP contribution >= 0.6 is 11.8 Å². The van der Waals surface area contributed by atoms with Crippen LogP contribution in [-0.4, -0.2) is 24.8 Å². The number of hydrogen-bond acceptors (Lipinski definition) is 5. The normalized spacial score (nSPS) is 16.9. The van der Waals surface area contributed by atoms with Crippen LogP contribution in [0.15, 0.2) is 22.8 Å². The SMILES string of the molecule is CCCCCC/C=C/C1CCC(OC(C)=O)=C1SCCCCCC(=O)OC. The monoisotopic (exact) mass is 396 g/mol. The van der Waals surface area contributed by atoms with Crippen LogP contribution in [0.25, 0.3) is 0 Å². The molecular formula is C22H36O4S. The molecule has 1 atom stereocenters. The van der Waals surface area contributed by atoms with E-state index in [9.17, 15) is 9.59 Å². The van der Waals surface area contributed by atoms with Crippen LogP contribution in [-0.2, 0) is 19.1 Å². The molecule has 5 heteroatoms. The molecule has 154 valence electrons. The molecular weight excluding hydrogens is 360 g/mol. The molecule has 1 aliphatic rings. The molecule has 0 N–H and O–H groups in total. The van der Waals surface area contributed by atoms with E-state index in [0.717, 1.165) is 50.0 Å². The Morgan fingerprint density at radius 2 is 1.93 bits per heavy atom. The molecule has 0 saturated heterocycles. The summed E-state index contributed by atoms with van der Waals surface area (Å²) in [7, 11) is 1.43. The third-order valence-electron chi connectivity index (χ3n) is 4.66. The first kappa shape index (κ1) is 23.8. The number of unbranched alkanes of at least 4 members (excludes halogenated alkanes) is 6. The van der Waals surface area contributed by atoms with Gasteiger partial charge in [-0.1, -0.05) is 44.8 Å². The van der Waals surface area contributed by atoms with Crippen molar-refractivity contribution in [1.82, 2.24) is 0 Å². The molecule has 0 spiro atoms. The van der Waals surface area contributed by atoms with Gasteiger partial charge >= 0.3 is 11.9 Å². The van der Waals surface area contributed by atoms with Crippen LogP contribution in [0, 0.1) is 5.92 Å². The van der Waals surface area contributed by atoms with Gasteiger partial charge in [-0.25, -0.2) is 0 Å². The van der Waals surface area contributed by atoms with E-state index in [-0.39, 0.29) is 11.9 Å². The van der Waals surface area contributed by atoms with E-state index in [1.165, 1.54) is 44.6 Å². The van der Waals surface area contributed by atoms with Gasteiger partial charge in [0.15, 0.2) is 0 Å². The maximum atomic E-state index is 11.4. The van der Waals surface area contributed by atoms with Gasteiger partial charge < -0.3 is 9.47 Å². The minimum atomic E-state index is -0.231. The summed E-state index contributed by atoms with van der Waals surface area (Å²) in [5.74, 6) is 1.86. The maximum absolute atomic E-state index is 11.4. The molecule has 1 rings (SSSR count). The highest BCUT2D eigenvalue weighted by molar-refractivity contribution is 8.03. The van der Waals surface area contributed by atoms with Gasteiger partial charge in [-0.2, -0.15) is 0 Å². The van der Waals surface area contributed by atoms with Crippen molar-refractivity contribution in [3.05, 3.63) is 22.8 Å². The molecule has 0 aliphatic heterocycles. The van der Waals surface area contributed by atoms with Gasteiger partial charge in [0, 0.05) is 30.6 Å². The summed E-state index contributed by atoms with van der Waals surface area (Å²) < 4.78 is 10.1. The number of rotatable bonds is 14. The predicted molar refractivity (Wildman–Crippen MR) is 112 cm³/mol. The molecule has 0 aromatic rings. The van der Waals surface area contributed by atoms with Crippen LogP contribution in [0.4, 0.5) is 0 Å². The summed E-state index contributed by atoms with van der Waals surface area (Å²) in [5, 5.41) is 0. The van der Waals surface area contributed by atoms with Crippen molar-refractivity contribution < 1.29 is 19.1 Å². The Kier molecular flexibility index (Phi) is 13.0. The van der Waals surface area contributed by atoms with Crippen LogP contribution < -0.4 is 0 Å². The molecule has 0 radical (unpaired) electrons. The summed E-state index contributed by atoms with van der Waals surface area (Å²) in [6, 6.07) is 0. The Morgan fingerprint density at radius 1 is 1.15 bits per heavy atom. The molecule has 0 amide bonds. The number of carbonyl (C=O) groups is 2. The third kappa shape index (κ3) is 10.6. The molecule has 1 unspecified atom stereocenters. The first-order valence-electron chi connectivity index (χ1n) is 10.4. The zero-order valence-corrected chi connectivity index (χ0v) is 18.1. The van der Waals surface area contributed by atoms with Gasteiger partial charge in [0.25, 0.3) is 0 Å². The quantitative estimate of drug-likeness (QED) is 0.200. The Balaban J connectivity index is 2.45. The number of carbonyl (C=O) groups excluding carboxylic acids is 2. The fourth-order valence-electron chi connectivity index (χ4n) is 3.18. The number of thioether (sulfide) groups is 1. The van der Waals surface area contributed by atoms with E-state index in [1.807, 2.05) is 11.8 Å². The smallest absolute Gasteiger partial charge is 0.307 e. The van der Waals surface area contributed by atoms with Gasteiger partial charge in [-0.05, 0) is 37.9 Å². The number of esters is 2. The van der Waals surface area contributed by atoms with Crippen molar-refractivity contribution in [2.75, 3.05) is 12.9 Å². The summed E-state index contributed by atoms with van der Waals surface area (Å²) in [4.78, 5) is 23.8. The van der Waals surface area contributed by atoms with E-state index < -0.39 is 0 Å². The Labute approximate surface area is 169 Å². The van der Waals surface area contributed by atoms with E-state index in [4.69, 9.17) is 4.74 Å². The molecule has 4 nitrogen and oxygen atoms in total. The molecule has 0 bridgehead atoms. The van der Waals surface area contributed by atoms with Crippen molar-refractivity contribution in [3.8, 4) is 0 Å². The van der Waals surface area contributed by atoms with Gasteiger partial charge in [0.05, 0.1) is 7.11 Å². The lowest BCUT2D eigenvalue weighted by Gasteiger charge is -2.12. The van der Waals surface area contributed by atoms with Crippen LogP contribution in [0.2, 0.25) is 0 Å². The molecule has 0 aromatic heterocycles. The fraction of sp³-hybridized carbons (Fsp3) is 0.727. The highest BCUT2D eigenvalue weighted by Crippen LogP contribution is 2.41. The molecule has 0 heterocycles. The Hall–Kier alpha value is -1.23. The van der Waals surface area contributed by atoms with Crippen molar-refractivity contribution in [3.63, 3.8) is 0 Å². The van der Waals surface area contributed by atoms with Gasteiger partial charge in [0.2, 0.25) is 0 Å². The predicted octanol–water partition coefficient (Wildman–Crippen LogP) is 6.16. The first-order valence-corrected chi connectivity index (χ1v) is 11.3. The molecule has 0 saturated carbocycles. The second kappa shape index (κ2) is 14.8. The van der Waals surface area contributed by atoms with E-state index in [0.29, 0.717) is 12.3 Å². The fourth-order valence-corrected chi connectivity index (χ4v) is 4.46. The van der Waals surface area contributed by atoms with Crippen LogP contribution in [0.1, 0.15) is 84.5 Å². The van der Waals surface area contributed by atoms with Gasteiger partial charge in [0.1, 0.15) is 5.76 Å². The van der Waals surface area contributed by atoms with E-state index in [2.05, 4.69) is 23.8 Å². The summed E-state index contributed by atoms with van der Waals surface area (Å²) >= 11 is 1.81. The second-order valence-electron chi connectivity index (χ2n) is 7.04. The first-order chi connectivity index (χ1) is 13.1. The van der Waals surface area contributed by atoms with Crippen molar-refractivity contribution in [2.45, 2.75) is 84.5 Å². The largest absolute Gasteiger partial charge is 0.469 e. The number of allylic oxidation sites excluding steroid dienone is 4. The summed E-state index contributed by atoms with van der Waals surface area (Å²) in [6.07, 6.45) is 16.1. The average Bonchev–Trinajstić information content (AvgIpc) is 3.01. The highest BCUT2D eigenvalue weighted by Gasteiger charge is 2.26. The minimum Gasteiger partial charge on any atom is -0.469 e. The zero-order valence-electron chi connectivity index (χ0n) is 17.3. The van der Waals surface area contributed by atoms with E-state index >= 15 is 0 Å². The number of ether oxygens (including phenoxy) is 2. The summed E-state index contributed by atoms with van der Waals surface area (Å²) in [5.41, 5.74) is 0. The van der Waals surface area contributed by atoms with Gasteiger partial charge in [-0.15, -0.1) is 11.8 Å². The standard InChI is InChI=1S/C22H36O4S/c1-4-5-6-7-8-10-13-19-15-16-20(26-18(2)23)22(19)27-17-12-9-11-14-21(24)25-3/h10,13,19H,4-9,11-12,14-17H2,1-3H3/b13-10+. The lowest BCUT2D eigenvalue weighted by atomic mass is 10.1. The highest BCUT2D eigenvalue weighted by atomic mass is 32.2. The zero-order chi connectivity index (χ0) is 19.9. The summed E-state index contributed by atoms with van der Waals surface area (Å²) in [6.45, 7) is 3.70. The lowest BCUT2D eigenvalue weighted by Crippen LogP contribution is -2.00. The topological polar surface area (TPSA) is 52.6 Å². The minimum absolute atomic E-state index is 0.137. The van der Waals surface area contributed by atoms with Crippen molar-refractivity contribution >= 4 is 23.7 Å². The lowest BCUT2D eigenvalue weighted by molar-refractivity contribution is -0.140. The second-order valence-corrected chi connectivity index (χ2v) is 8.18. The molecule has 1 aliphatic carbocycles. The average molecular weight is 397 g/mol. The van der Waals surface area contributed by atoms with E-state index in [1.54, 1.807) is 0 Å². The molecule has 0 aromatic carbocycles. The Morgan fingerprint density at radius 3 is 2.63 bits per heavy atom. The van der Waals surface area contributed by atoms with Gasteiger partial charge in [-0.3, -0.25) is 9.59 Å². The van der Waals surface area contributed by atoms with Crippen LogP contribution in [0.3, 0.4) is 0 Å².